The molecule has 0 saturated heterocycles. The summed E-state index contributed by atoms with van der Waals surface area (Å²) >= 11 is 0. The van der Waals surface area contributed by atoms with Crippen LogP contribution in [0.4, 0.5) is 0 Å². The number of carbonyl (C=O) groups excluding carboxylic acids is 2. The van der Waals surface area contributed by atoms with Crippen molar-refractivity contribution in [2.24, 2.45) is 0 Å². The van der Waals surface area contributed by atoms with E-state index in [1.54, 1.807) is 6.08 Å². The molecular weight excluding hydrogens is 246 g/mol. The summed E-state index contributed by atoms with van der Waals surface area (Å²) in [6, 6.07) is 8.72. The summed E-state index contributed by atoms with van der Waals surface area (Å²) in [5.41, 5.74) is 0.925. The Morgan fingerprint density at radius 2 is 2.11 bits per heavy atom. The first kappa shape index (κ1) is 13.3. The molecule has 1 aromatic carbocycles. The van der Waals surface area contributed by atoms with E-state index in [4.69, 9.17) is 4.84 Å². The van der Waals surface area contributed by atoms with Crippen LogP contribution in [0, 0.1) is 0 Å². The van der Waals surface area contributed by atoms with Crippen LogP contribution in [-0.4, -0.2) is 30.1 Å². The lowest BCUT2D eigenvalue weighted by Crippen LogP contribution is -2.46. The van der Waals surface area contributed by atoms with Gasteiger partial charge >= 0.3 is 5.97 Å². The third kappa shape index (κ3) is 3.20. The summed E-state index contributed by atoms with van der Waals surface area (Å²) in [6.07, 6.45) is 3.43. The Bertz CT molecular complexity index is 483. The third-order valence-corrected chi connectivity index (χ3v) is 2.81. The smallest absolute Gasteiger partial charge is 0.331 e. The van der Waals surface area contributed by atoms with Crippen molar-refractivity contribution in [2.75, 3.05) is 7.11 Å². The molecule has 0 aliphatic carbocycles. The molecule has 0 aromatic heterocycles. The monoisotopic (exact) mass is 261 g/mol. The van der Waals surface area contributed by atoms with Crippen molar-refractivity contribution in [3.05, 3.63) is 48.0 Å². The fourth-order valence-corrected chi connectivity index (χ4v) is 1.82. The number of rotatable bonds is 4. The van der Waals surface area contributed by atoms with Gasteiger partial charge in [-0.2, -0.15) is 0 Å². The van der Waals surface area contributed by atoms with Gasteiger partial charge in [-0.05, 0) is 12.0 Å². The van der Waals surface area contributed by atoms with Gasteiger partial charge in [0.25, 0.3) is 5.91 Å². The predicted molar refractivity (Wildman–Crippen MR) is 67.6 cm³/mol. The minimum absolute atomic E-state index is 0.230. The Morgan fingerprint density at radius 3 is 2.79 bits per heavy atom. The van der Waals surface area contributed by atoms with Crippen molar-refractivity contribution in [1.82, 2.24) is 5.06 Å². The molecule has 1 heterocycles. The Morgan fingerprint density at radius 1 is 1.37 bits per heavy atom. The highest BCUT2D eigenvalue weighted by Crippen LogP contribution is 2.16. The van der Waals surface area contributed by atoms with Crippen LogP contribution < -0.4 is 0 Å². The number of amides is 1. The SMILES string of the molecule is COC(=O)C1CC=CC(=O)N1OCc1ccccc1. The van der Waals surface area contributed by atoms with Gasteiger partial charge in [0.05, 0.1) is 7.11 Å². The molecule has 2 rings (SSSR count). The second-order valence-corrected chi connectivity index (χ2v) is 4.10. The fourth-order valence-electron chi connectivity index (χ4n) is 1.82. The van der Waals surface area contributed by atoms with Gasteiger partial charge in [0, 0.05) is 6.08 Å². The number of ether oxygens (including phenoxy) is 1. The number of nitrogens with zero attached hydrogens (tertiary/aromatic N) is 1. The van der Waals surface area contributed by atoms with Gasteiger partial charge in [0.15, 0.2) is 6.04 Å². The lowest BCUT2D eigenvalue weighted by molar-refractivity contribution is -0.209. The van der Waals surface area contributed by atoms with E-state index in [0.717, 1.165) is 10.6 Å². The van der Waals surface area contributed by atoms with E-state index in [-0.39, 0.29) is 12.5 Å². The maximum Gasteiger partial charge on any atom is 0.331 e. The van der Waals surface area contributed by atoms with E-state index in [2.05, 4.69) is 4.74 Å². The third-order valence-electron chi connectivity index (χ3n) is 2.81. The minimum Gasteiger partial charge on any atom is -0.467 e. The van der Waals surface area contributed by atoms with E-state index >= 15 is 0 Å². The topological polar surface area (TPSA) is 55.8 Å². The molecule has 1 atom stereocenters. The number of esters is 1. The first-order valence-electron chi connectivity index (χ1n) is 5.97. The largest absolute Gasteiger partial charge is 0.467 e. The predicted octanol–water partition coefficient (Wildman–Crippen LogP) is 1.45. The summed E-state index contributed by atoms with van der Waals surface area (Å²) in [5, 5.41) is 1.08. The van der Waals surface area contributed by atoms with Crippen LogP contribution in [0.25, 0.3) is 0 Å². The molecule has 0 N–H and O–H groups in total. The van der Waals surface area contributed by atoms with Crippen molar-refractivity contribution in [1.29, 1.82) is 0 Å². The highest BCUT2D eigenvalue weighted by molar-refractivity contribution is 5.92. The van der Waals surface area contributed by atoms with E-state index in [1.807, 2.05) is 30.3 Å². The van der Waals surface area contributed by atoms with Crippen molar-refractivity contribution in [3.63, 3.8) is 0 Å². The summed E-state index contributed by atoms with van der Waals surface area (Å²) < 4.78 is 4.67. The number of hydrogen-bond acceptors (Lipinski definition) is 4. The lowest BCUT2D eigenvalue weighted by atomic mass is 10.1. The Kier molecular flexibility index (Phi) is 4.30. The molecular formula is C14H15NO4. The minimum atomic E-state index is -0.716. The van der Waals surface area contributed by atoms with Crippen molar-refractivity contribution in [2.45, 2.75) is 19.1 Å². The second kappa shape index (κ2) is 6.15. The van der Waals surface area contributed by atoms with Crippen LogP contribution in [0.2, 0.25) is 0 Å². The first-order valence-corrected chi connectivity index (χ1v) is 5.97. The van der Waals surface area contributed by atoms with Crippen LogP contribution in [0.15, 0.2) is 42.5 Å². The highest BCUT2D eigenvalue weighted by Gasteiger charge is 2.32. The van der Waals surface area contributed by atoms with Gasteiger partial charge in [0.1, 0.15) is 6.61 Å². The van der Waals surface area contributed by atoms with Crippen LogP contribution in [-0.2, 0) is 25.8 Å². The van der Waals surface area contributed by atoms with Crippen molar-refractivity contribution in [3.8, 4) is 0 Å². The zero-order valence-corrected chi connectivity index (χ0v) is 10.6. The molecule has 0 saturated carbocycles. The maximum absolute atomic E-state index is 11.8. The molecule has 5 heteroatoms. The summed E-state index contributed by atoms with van der Waals surface area (Å²) in [5.74, 6) is -0.830. The zero-order chi connectivity index (χ0) is 13.7. The molecule has 1 aromatic rings. The molecule has 5 nitrogen and oxygen atoms in total. The normalized spacial score (nSPS) is 18.5. The van der Waals surface area contributed by atoms with E-state index in [9.17, 15) is 9.59 Å². The first-order chi connectivity index (χ1) is 9.22. The van der Waals surface area contributed by atoms with Crippen LogP contribution in [0.3, 0.4) is 0 Å². The summed E-state index contributed by atoms with van der Waals surface area (Å²) in [4.78, 5) is 28.8. The van der Waals surface area contributed by atoms with Gasteiger partial charge in [0.2, 0.25) is 0 Å². The Hall–Kier alpha value is -2.14. The van der Waals surface area contributed by atoms with E-state index in [0.29, 0.717) is 6.42 Å². The molecule has 1 aliphatic heterocycles. The average molecular weight is 261 g/mol. The molecule has 1 amide bonds. The van der Waals surface area contributed by atoms with Gasteiger partial charge in [-0.25, -0.2) is 9.86 Å². The quantitative estimate of drug-likeness (QED) is 0.770. The van der Waals surface area contributed by atoms with Crippen LogP contribution in [0.1, 0.15) is 12.0 Å². The number of carbonyl (C=O) groups is 2. The Balaban J connectivity index is 2.05. The number of hydroxylamine groups is 2. The van der Waals surface area contributed by atoms with Crippen molar-refractivity contribution < 1.29 is 19.2 Å². The van der Waals surface area contributed by atoms with E-state index in [1.165, 1.54) is 13.2 Å². The Labute approximate surface area is 111 Å². The van der Waals surface area contributed by atoms with Gasteiger partial charge in [-0.15, -0.1) is 0 Å². The molecule has 19 heavy (non-hydrogen) atoms. The van der Waals surface area contributed by atoms with E-state index < -0.39 is 12.0 Å². The highest BCUT2D eigenvalue weighted by atomic mass is 16.7. The maximum atomic E-state index is 11.8. The second-order valence-electron chi connectivity index (χ2n) is 4.10. The standard InChI is InChI=1S/C14H15NO4/c1-18-14(17)12-8-5-9-13(16)15(12)19-10-11-6-3-2-4-7-11/h2-7,9,12H,8,10H2,1H3. The lowest BCUT2D eigenvalue weighted by Gasteiger charge is -2.29. The molecule has 1 aliphatic rings. The molecule has 0 radical (unpaired) electrons. The molecule has 1 unspecified atom stereocenters. The molecule has 0 bridgehead atoms. The van der Waals surface area contributed by atoms with Crippen molar-refractivity contribution >= 4 is 11.9 Å². The average Bonchev–Trinajstić information content (AvgIpc) is 2.46. The van der Waals surface area contributed by atoms with Gasteiger partial charge in [-0.3, -0.25) is 9.63 Å². The fraction of sp³-hybridized carbons (Fsp3) is 0.286. The number of benzene rings is 1. The van der Waals surface area contributed by atoms with Crippen LogP contribution >= 0.6 is 0 Å². The summed E-state index contributed by atoms with van der Waals surface area (Å²) in [6.45, 7) is 0.230. The van der Waals surface area contributed by atoms with Gasteiger partial charge in [-0.1, -0.05) is 36.4 Å². The van der Waals surface area contributed by atoms with Crippen LogP contribution in [0.5, 0.6) is 0 Å². The number of methoxy groups -OCH3 is 1. The number of hydrogen-bond donors (Lipinski definition) is 0. The zero-order valence-electron chi connectivity index (χ0n) is 10.6. The molecule has 0 spiro atoms. The summed E-state index contributed by atoms with van der Waals surface area (Å²) in [7, 11) is 1.29. The molecule has 100 valence electrons. The van der Waals surface area contributed by atoms with Gasteiger partial charge < -0.3 is 4.74 Å². The molecule has 0 fully saturated rings.